The molecule has 0 unspecified atom stereocenters. The van der Waals surface area contributed by atoms with Crippen molar-refractivity contribution in [3.05, 3.63) is 17.7 Å². The summed E-state index contributed by atoms with van der Waals surface area (Å²) in [6.07, 6.45) is 2.91. The molecule has 0 aliphatic carbocycles. The van der Waals surface area contributed by atoms with Gasteiger partial charge in [-0.05, 0) is 39.7 Å². The number of carbonyl (C=O) groups excluding carboxylic acids is 2. The topological polar surface area (TPSA) is 85.2 Å². The lowest BCUT2D eigenvalue weighted by atomic mass is 10.1. The minimum atomic E-state index is -0.696. The number of ether oxygens (including phenoxy) is 2. The Labute approximate surface area is 143 Å². The molecule has 0 atom stereocenters. The third-order valence-corrected chi connectivity index (χ3v) is 3.20. The Morgan fingerprint density at radius 1 is 1.35 bits per heavy atom. The number of nitrogens with zero attached hydrogens (tertiary/aromatic N) is 1. The standard InChI is InChI=1S/C16H20BrNO5/c1-16(2,3)23-11-8-12(14(20)13(9-11)18-10-19)15(21)22-7-5-4-6-17/h8-9,20H,4-7H2,1-3H3. The Morgan fingerprint density at radius 2 is 2.04 bits per heavy atom. The van der Waals surface area contributed by atoms with Crippen LogP contribution in [-0.4, -0.2) is 34.7 Å². The van der Waals surface area contributed by atoms with E-state index in [2.05, 4.69) is 20.9 Å². The van der Waals surface area contributed by atoms with Gasteiger partial charge in [-0.25, -0.2) is 9.59 Å². The fraction of sp³-hybridized carbons (Fsp3) is 0.500. The fourth-order valence-electron chi connectivity index (χ4n) is 1.74. The molecule has 1 aromatic carbocycles. The highest BCUT2D eigenvalue weighted by atomic mass is 79.9. The third kappa shape index (κ3) is 6.42. The van der Waals surface area contributed by atoms with Gasteiger partial charge in [-0.2, -0.15) is 4.99 Å². The van der Waals surface area contributed by atoms with E-state index >= 15 is 0 Å². The second-order valence-electron chi connectivity index (χ2n) is 5.79. The molecule has 6 nitrogen and oxygen atoms in total. The third-order valence-electron chi connectivity index (χ3n) is 2.63. The first-order chi connectivity index (χ1) is 10.8. The van der Waals surface area contributed by atoms with Gasteiger partial charge in [0, 0.05) is 11.4 Å². The number of halogens is 1. The van der Waals surface area contributed by atoms with Crippen LogP contribution in [0.2, 0.25) is 0 Å². The number of carbonyl (C=O) groups is 1. The summed E-state index contributed by atoms with van der Waals surface area (Å²) in [6, 6.07) is 2.74. The number of aromatic hydroxyl groups is 1. The van der Waals surface area contributed by atoms with Crippen LogP contribution in [0.15, 0.2) is 17.1 Å². The number of alkyl halides is 1. The average Bonchev–Trinajstić information content (AvgIpc) is 2.45. The normalized spacial score (nSPS) is 10.8. The van der Waals surface area contributed by atoms with Gasteiger partial charge in [0.05, 0.1) is 6.61 Å². The van der Waals surface area contributed by atoms with E-state index in [-0.39, 0.29) is 17.9 Å². The number of hydrogen-bond acceptors (Lipinski definition) is 6. The minimum absolute atomic E-state index is 0.0887. The van der Waals surface area contributed by atoms with Crippen molar-refractivity contribution >= 4 is 33.7 Å². The lowest BCUT2D eigenvalue weighted by Gasteiger charge is -2.22. The molecular weight excluding hydrogens is 366 g/mol. The van der Waals surface area contributed by atoms with Crippen LogP contribution in [0.3, 0.4) is 0 Å². The van der Waals surface area contributed by atoms with Crippen LogP contribution < -0.4 is 4.74 Å². The van der Waals surface area contributed by atoms with Gasteiger partial charge in [-0.1, -0.05) is 15.9 Å². The molecule has 0 radical (unpaired) electrons. The minimum Gasteiger partial charge on any atom is -0.505 e. The molecule has 0 saturated carbocycles. The van der Waals surface area contributed by atoms with Crippen LogP contribution in [0.4, 0.5) is 5.69 Å². The summed E-state index contributed by atoms with van der Waals surface area (Å²) in [5.41, 5.74) is -0.704. The van der Waals surface area contributed by atoms with Crippen molar-refractivity contribution in [3.8, 4) is 11.5 Å². The highest BCUT2D eigenvalue weighted by Crippen LogP contribution is 2.36. The second-order valence-corrected chi connectivity index (χ2v) is 6.58. The van der Waals surface area contributed by atoms with Crippen LogP contribution in [0.1, 0.15) is 44.0 Å². The van der Waals surface area contributed by atoms with Crippen molar-refractivity contribution in [2.45, 2.75) is 39.2 Å². The predicted molar refractivity (Wildman–Crippen MR) is 89.6 cm³/mol. The summed E-state index contributed by atoms with van der Waals surface area (Å²) in [5, 5.41) is 10.9. The zero-order valence-corrected chi connectivity index (χ0v) is 15.0. The van der Waals surface area contributed by atoms with Gasteiger partial charge >= 0.3 is 5.97 Å². The molecule has 1 rings (SSSR count). The first-order valence-corrected chi connectivity index (χ1v) is 8.27. The summed E-state index contributed by atoms with van der Waals surface area (Å²) in [4.78, 5) is 26.0. The van der Waals surface area contributed by atoms with Crippen LogP contribution in [-0.2, 0) is 9.53 Å². The number of isocyanates is 1. The number of unbranched alkanes of at least 4 members (excludes halogenated alkanes) is 1. The van der Waals surface area contributed by atoms with Gasteiger partial charge in [0.2, 0.25) is 6.08 Å². The van der Waals surface area contributed by atoms with Gasteiger partial charge in [0.15, 0.2) is 5.75 Å². The van der Waals surface area contributed by atoms with Gasteiger partial charge in [0.1, 0.15) is 22.6 Å². The number of phenolic OH excluding ortho intramolecular Hbond substituents is 1. The van der Waals surface area contributed by atoms with Crippen molar-refractivity contribution in [3.63, 3.8) is 0 Å². The zero-order valence-electron chi connectivity index (χ0n) is 13.4. The Kier molecular flexibility index (Phi) is 7.26. The van der Waals surface area contributed by atoms with Crippen molar-refractivity contribution in [1.29, 1.82) is 0 Å². The molecule has 0 amide bonds. The molecule has 1 N–H and O–H groups in total. The maximum atomic E-state index is 12.1. The van der Waals surface area contributed by atoms with E-state index in [1.807, 2.05) is 20.8 Å². The van der Waals surface area contributed by atoms with E-state index in [0.29, 0.717) is 12.2 Å². The Hall–Kier alpha value is -1.85. The summed E-state index contributed by atoms with van der Waals surface area (Å²) >= 11 is 3.29. The van der Waals surface area contributed by atoms with Gasteiger partial charge in [-0.15, -0.1) is 0 Å². The van der Waals surface area contributed by atoms with E-state index in [0.717, 1.165) is 11.8 Å². The van der Waals surface area contributed by atoms with Crippen molar-refractivity contribution in [2.24, 2.45) is 4.99 Å². The summed E-state index contributed by atoms with van der Waals surface area (Å²) in [6.45, 7) is 5.74. The van der Waals surface area contributed by atoms with Crippen LogP contribution in [0.25, 0.3) is 0 Å². The lowest BCUT2D eigenvalue weighted by molar-refractivity contribution is 0.0495. The first kappa shape index (κ1) is 19.2. The van der Waals surface area contributed by atoms with Crippen molar-refractivity contribution < 1.29 is 24.2 Å². The molecule has 0 aliphatic rings. The summed E-state index contributed by atoms with van der Waals surface area (Å²) in [5.74, 6) is -0.824. The highest BCUT2D eigenvalue weighted by Gasteiger charge is 2.21. The molecule has 23 heavy (non-hydrogen) atoms. The Balaban J connectivity index is 3.08. The monoisotopic (exact) mass is 385 g/mol. The Morgan fingerprint density at radius 3 is 2.61 bits per heavy atom. The first-order valence-electron chi connectivity index (χ1n) is 7.15. The van der Waals surface area contributed by atoms with E-state index in [1.165, 1.54) is 18.2 Å². The molecule has 0 aromatic heterocycles. The smallest absolute Gasteiger partial charge is 0.342 e. The summed E-state index contributed by atoms with van der Waals surface area (Å²) in [7, 11) is 0. The van der Waals surface area contributed by atoms with E-state index < -0.39 is 17.3 Å². The molecular formula is C16H20BrNO5. The van der Waals surface area contributed by atoms with Crippen LogP contribution in [0, 0.1) is 0 Å². The quantitative estimate of drug-likeness (QED) is 0.253. The summed E-state index contributed by atoms with van der Waals surface area (Å²) < 4.78 is 10.8. The zero-order chi connectivity index (χ0) is 17.5. The molecule has 126 valence electrons. The maximum Gasteiger partial charge on any atom is 0.342 e. The van der Waals surface area contributed by atoms with Crippen LogP contribution >= 0.6 is 15.9 Å². The predicted octanol–water partition coefficient (Wildman–Crippen LogP) is 3.87. The molecule has 0 bridgehead atoms. The number of benzene rings is 1. The number of esters is 1. The molecule has 1 aromatic rings. The van der Waals surface area contributed by atoms with Crippen LogP contribution in [0.5, 0.6) is 11.5 Å². The average molecular weight is 386 g/mol. The molecule has 0 spiro atoms. The van der Waals surface area contributed by atoms with E-state index in [9.17, 15) is 14.7 Å². The number of aliphatic imine (C=N–C) groups is 1. The maximum absolute atomic E-state index is 12.1. The van der Waals surface area contributed by atoms with Crippen molar-refractivity contribution in [2.75, 3.05) is 11.9 Å². The van der Waals surface area contributed by atoms with Gasteiger partial charge in [0.25, 0.3) is 0 Å². The Bertz CT molecular complexity index is 603. The van der Waals surface area contributed by atoms with E-state index in [1.54, 1.807) is 0 Å². The lowest BCUT2D eigenvalue weighted by Crippen LogP contribution is -2.23. The SMILES string of the molecule is CC(C)(C)Oc1cc(N=C=O)c(O)c(C(=O)OCCCCBr)c1. The van der Waals surface area contributed by atoms with Crippen molar-refractivity contribution in [1.82, 2.24) is 0 Å². The largest absolute Gasteiger partial charge is 0.505 e. The van der Waals surface area contributed by atoms with E-state index in [4.69, 9.17) is 9.47 Å². The molecule has 0 heterocycles. The highest BCUT2D eigenvalue weighted by molar-refractivity contribution is 9.09. The fourth-order valence-corrected chi connectivity index (χ4v) is 2.13. The van der Waals surface area contributed by atoms with Gasteiger partial charge < -0.3 is 14.6 Å². The number of phenols is 1. The molecule has 7 heteroatoms. The number of hydrogen-bond donors (Lipinski definition) is 1. The molecule has 0 fully saturated rings. The second kappa shape index (κ2) is 8.70. The van der Waals surface area contributed by atoms with Gasteiger partial charge in [-0.3, -0.25) is 0 Å². The molecule has 0 saturated heterocycles. The number of rotatable bonds is 7. The molecule has 0 aliphatic heterocycles.